The fourth-order valence-corrected chi connectivity index (χ4v) is 9.09. The van der Waals surface area contributed by atoms with Gasteiger partial charge >= 0.3 is 5.97 Å². The van der Waals surface area contributed by atoms with E-state index < -0.39 is 26.6 Å². The molecule has 410 valence electrons. The SMILES string of the molecule is CCCCC/C=C\C/C=C\CCCCCCCCCC(=O)NC(COP(=O)([O-])OCC[N+](C)(C)C)C(/C=C/CCCCCCCCCCCCC)OC(=O)CCCCC/C=C\CCCCCCCCC. The van der Waals surface area contributed by atoms with E-state index in [-0.39, 0.29) is 24.9 Å². The summed E-state index contributed by atoms with van der Waals surface area (Å²) >= 11 is 0. The molecule has 3 atom stereocenters. The Morgan fingerprint density at radius 2 is 0.871 bits per heavy atom. The predicted molar refractivity (Wildman–Crippen MR) is 298 cm³/mol. The number of carbonyl (C=O) groups excluding carboxylic acids is 2. The zero-order valence-electron chi connectivity index (χ0n) is 46.7. The molecule has 0 heterocycles. The van der Waals surface area contributed by atoms with Crippen molar-refractivity contribution in [3.63, 3.8) is 0 Å². The van der Waals surface area contributed by atoms with E-state index in [1.54, 1.807) is 0 Å². The molecule has 0 bridgehead atoms. The van der Waals surface area contributed by atoms with Gasteiger partial charge in [0.2, 0.25) is 5.91 Å². The van der Waals surface area contributed by atoms with E-state index in [4.69, 9.17) is 13.8 Å². The molecule has 9 nitrogen and oxygen atoms in total. The largest absolute Gasteiger partial charge is 0.756 e. The highest BCUT2D eigenvalue weighted by molar-refractivity contribution is 7.45. The van der Waals surface area contributed by atoms with Crippen LogP contribution in [0.25, 0.3) is 0 Å². The van der Waals surface area contributed by atoms with E-state index in [1.165, 1.54) is 148 Å². The number of carbonyl (C=O) groups is 2. The lowest BCUT2D eigenvalue weighted by molar-refractivity contribution is -0.870. The molecule has 3 unspecified atom stereocenters. The van der Waals surface area contributed by atoms with Gasteiger partial charge in [-0.3, -0.25) is 14.2 Å². The predicted octanol–water partition coefficient (Wildman–Crippen LogP) is 17.1. The molecule has 0 aromatic rings. The first-order valence-corrected chi connectivity index (χ1v) is 30.9. The van der Waals surface area contributed by atoms with Crippen molar-refractivity contribution in [2.75, 3.05) is 40.9 Å². The smallest absolute Gasteiger partial charge is 0.306 e. The van der Waals surface area contributed by atoms with Crippen molar-refractivity contribution >= 4 is 19.7 Å². The summed E-state index contributed by atoms with van der Waals surface area (Å²) in [4.78, 5) is 39.9. The van der Waals surface area contributed by atoms with E-state index in [1.807, 2.05) is 33.3 Å². The van der Waals surface area contributed by atoms with Gasteiger partial charge < -0.3 is 28.5 Å². The van der Waals surface area contributed by atoms with Crippen molar-refractivity contribution in [1.82, 2.24) is 5.32 Å². The number of rotatable bonds is 53. The van der Waals surface area contributed by atoms with E-state index >= 15 is 0 Å². The lowest BCUT2D eigenvalue weighted by Gasteiger charge is -2.30. The zero-order chi connectivity index (χ0) is 51.5. The highest BCUT2D eigenvalue weighted by Crippen LogP contribution is 2.38. The molecule has 0 aromatic carbocycles. The Morgan fingerprint density at radius 3 is 1.34 bits per heavy atom. The topological polar surface area (TPSA) is 114 Å². The number of nitrogens with one attached hydrogen (secondary N) is 1. The summed E-state index contributed by atoms with van der Waals surface area (Å²) in [5.74, 6) is -0.563. The van der Waals surface area contributed by atoms with Crippen LogP contribution in [-0.4, -0.2) is 69.4 Å². The van der Waals surface area contributed by atoms with Gasteiger partial charge in [-0.25, -0.2) is 0 Å². The Labute approximate surface area is 433 Å². The average molecular weight is 1010 g/mol. The first-order valence-electron chi connectivity index (χ1n) is 29.4. The number of ether oxygens (including phenoxy) is 1. The van der Waals surface area contributed by atoms with Crippen molar-refractivity contribution < 1.29 is 37.3 Å². The molecule has 0 rings (SSSR count). The van der Waals surface area contributed by atoms with Gasteiger partial charge in [-0.05, 0) is 89.5 Å². The maximum atomic E-state index is 13.5. The van der Waals surface area contributed by atoms with E-state index in [0.29, 0.717) is 23.9 Å². The maximum Gasteiger partial charge on any atom is 0.306 e. The third kappa shape index (κ3) is 50.9. The van der Waals surface area contributed by atoms with Gasteiger partial charge in [-0.1, -0.05) is 217 Å². The number of unbranched alkanes of at least 4 members (excludes halogenated alkanes) is 31. The van der Waals surface area contributed by atoms with Crippen LogP contribution in [0.1, 0.15) is 271 Å². The first-order chi connectivity index (χ1) is 33.9. The van der Waals surface area contributed by atoms with Crippen LogP contribution in [0.3, 0.4) is 0 Å². The summed E-state index contributed by atoms with van der Waals surface area (Å²) in [7, 11) is 1.17. The van der Waals surface area contributed by atoms with Gasteiger partial charge in [-0.2, -0.15) is 0 Å². The Kier molecular flexibility index (Phi) is 49.0. The lowest BCUT2D eigenvalue weighted by atomic mass is 10.0. The number of phosphoric ester groups is 1. The van der Waals surface area contributed by atoms with Gasteiger partial charge in [0.05, 0.1) is 33.8 Å². The second-order valence-corrected chi connectivity index (χ2v) is 22.6. The third-order valence-corrected chi connectivity index (χ3v) is 13.9. The molecule has 70 heavy (non-hydrogen) atoms. The number of amides is 1. The highest BCUT2D eigenvalue weighted by Gasteiger charge is 2.27. The number of nitrogens with zero attached hydrogens (tertiary/aromatic N) is 1. The molecule has 0 aromatic heterocycles. The van der Waals surface area contributed by atoms with Crippen LogP contribution in [0.2, 0.25) is 0 Å². The molecule has 10 heteroatoms. The van der Waals surface area contributed by atoms with Crippen LogP contribution in [0.5, 0.6) is 0 Å². The Hall–Kier alpha value is -2.03. The molecule has 0 saturated heterocycles. The van der Waals surface area contributed by atoms with E-state index in [2.05, 4.69) is 62.5 Å². The number of hydrogen-bond donors (Lipinski definition) is 1. The van der Waals surface area contributed by atoms with Gasteiger partial charge in [0.25, 0.3) is 7.82 Å². The third-order valence-electron chi connectivity index (χ3n) is 13.0. The summed E-state index contributed by atoms with van der Waals surface area (Å²) in [6, 6.07) is -0.897. The summed E-state index contributed by atoms with van der Waals surface area (Å²) in [6.07, 6.45) is 60.7. The number of esters is 1. The monoisotopic (exact) mass is 1000 g/mol. The minimum Gasteiger partial charge on any atom is -0.756 e. The van der Waals surface area contributed by atoms with Crippen LogP contribution in [-0.2, 0) is 27.9 Å². The number of phosphoric acid groups is 1. The maximum absolute atomic E-state index is 13.5. The minimum atomic E-state index is -4.70. The van der Waals surface area contributed by atoms with Crippen molar-refractivity contribution in [1.29, 1.82) is 0 Å². The van der Waals surface area contributed by atoms with Gasteiger partial charge in [0.1, 0.15) is 19.3 Å². The molecule has 1 amide bonds. The van der Waals surface area contributed by atoms with Crippen LogP contribution in [0, 0.1) is 0 Å². The standard InChI is InChI=1S/C60H113N2O7P/c1-7-10-13-16-19-22-25-28-30-31-32-34-37-40-43-46-49-52-59(63)61-57(56-68-70(65,66)67-55-54-62(4,5)6)58(51-48-45-42-39-36-33-27-24-21-18-15-12-9-3)69-60(64)53-50-47-44-41-38-35-29-26-23-20-17-14-11-8-2/h19,22,28,30,35,38,48,51,57-58H,7-18,20-21,23-27,29,31-34,36-37,39-47,49-50,52-56H2,1-6H3,(H-,61,63,65,66)/b22-19-,30-28-,38-35-,51-48+. The fraction of sp³-hybridized carbons (Fsp3) is 0.833. The lowest BCUT2D eigenvalue weighted by Crippen LogP contribution is -2.47. The molecular weight excluding hydrogens is 892 g/mol. The van der Waals surface area contributed by atoms with Crippen LogP contribution < -0.4 is 10.2 Å². The molecule has 0 saturated carbocycles. The quantitative estimate of drug-likeness (QED) is 0.0212. The number of likely N-dealkylation sites (N-methyl/N-ethyl adjacent to an activating group) is 1. The van der Waals surface area contributed by atoms with Crippen LogP contribution in [0.15, 0.2) is 48.6 Å². The zero-order valence-corrected chi connectivity index (χ0v) is 47.6. The number of hydrogen-bond acceptors (Lipinski definition) is 7. The minimum absolute atomic E-state index is 0.0261. The average Bonchev–Trinajstić information content (AvgIpc) is 3.32. The second-order valence-electron chi connectivity index (χ2n) is 21.1. The van der Waals surface area contributed by atoms with E-state index in [0.717, 1.165) is 83.5 Å². The summed E-state index contributed by atoms with van der Waals surface area (Å²) < 4.78 is 30.2. The normalized spacial score (nSPS) is 14.1. The summed E-state index contributed by atoms with van der Waals surface area (Å²) in [6.45, 7) is 6.81. The van der Waals surface area contributed by atoms with Gasteiger partial charge in [0.15, 0.2) is 0 Å². The Balaban J connectivity index is 5.38. The molecule has 0 aliphatic carbocycles. The molecule has 0 fully saturated rings. The molecule has 0 aliphatic heterocycles. The molecule has 1 N–H and O–H groups in total. The van der Waals surface area contributed by atoms with Crippen LogP contribution in [0.4, 0.5) is 0 Å². The van der Waals surface area contributed by atoms with Crippen LogP contribution >= 0.6 is 7.82 Å². The van der Waals surface area contributed by atoms with Gasteiger partial charge in [0, 0.05) is 12.8 Å². The van der Waals surface area contributed by atoms with E-state index in [9.17, 15) is 19.0 Å². The summed E-state index contributed by atoms with van der Waals surface area (Å²) in [5, 5.41) is 3.02. The molecule has 0 radical (unpaired) electrons. The Bertz CT molecular complexity index is 1340. The first kappa shape index (κ1) is 68.0. The molecule has 0 aliphatic rings. The Morgan fingerprint density at radius 1 is 0.500 bits per heavy atom. The summed E-state index contributed by atoms with van der Waals surface area (Å²) in [5.41, 5.74) is 0. The van der Waals surface area contributed by atoms with Crippen molar-refractivity contribution in [2.45, 2.75) is 283 Å². The molecule has 0 spiro atoms. The van der Waals surface area contributed by atoms with Crippen molar-refractivity contribution in [3.05, 3.63) is 48.6 Å². The van der Waals surface area contributed by atoms with Crippen molar-refractivity contribution in [3.8, 4) is 0 Å². The number of allylic oxidation sites excluding steroid dienone is 7. The second kappa shape index (κ2) is 50.5. The van der Waals surface area contributed by atoms with Crippen molar-refractivity contribution in [2.24, 2.45) is 0 Å². The fourth-order valence-electron chi connectivity index (χ4n) is 8.37. The van der Waals surface area contributed by atoms with Gasteiger partial charge in [-0.15, -0.1) is 0 Å². The number of quaternary nitrogens is 1. The molecular formula is C60H113N2O7P. The highest BCUT2D eigenvalue weighted by atomic mass is 31.2.